The lowest BCUT2D eigenvalue weighted by atomic mass is 10.0. The van der Waals surface area contributed by atoms with Crippen molar-refractivity contribution in [2.45, 2.75) is 19.4 Å². The van der Waals surface area contributed by atoms with E-state index in [4.69, 9.17) is 5.11 Å². The molecule has 0 saturated heterocycles. The van der Waals surface area contributed by atoms with Crippen molar-refractivity contribution in [2.75, 3.05) is 21.1 Å². The first-order valence-corrected chi connectivity index (χ1v) is 6.42. The molecule has 0 fully saturated rings. The molecule has 114 valence electrons. The average Bonchev–Trinajstić information content (AvgIpc) is 2.44. The molecule has 0 spiro atoms. The summed E-state index contributed by atoms with van der Waals surface area (Å²) < 4.78 is 0. The number of amides is 2. The number of carbonyl (C=O) groups excluding carboxylic acids is 2. The van der Waals surface area contributed by atoms with Crippen LogP contribution in [-0.4, -0.2) is 59.4 Å². The molecule has 0 unspecified atom stereocenters. The third-order valence-corrected chi connectivity index (χ3v) is 3.43. The molecule has 6 nitrogen and oxygen atoms in total. The van der Waals surface area contributed by atoms with Gasteiger partial charge in [-0.05, 0) is 32.0 Å². The number of carboxylic acids is 1. The minimum atomic E-state index is -1.33. The predicted octanol–water partition coefficient (Wildman–Crippen LogP) is 1.32. The molecule has 1 N–H and O–H groups in total. The molecule has 6 heteroatoms. The summed E-state index contributed by atoms with van der Waals surface area (Å²) in [6.45, 7) is 2.89. The minimum Gasteiger partial charge on any atom is -0.480 e. The van der Waals surface area contributed by atoms with Crippen LogP contribution < -0.4 is 0 Å². The first-order chi connectivity index (χ1) is 9.59. The van der Waals surface area contributed by atoms with Crippen molar-refractivity contribution < 1.29 is 19.5 Å². The van der Waals surface area contributed by atoms with Gasteiger partial charge in [0.1, 0.15) is 5.54 Å². The monoisotopic (exact) mass is 292 g/mol. The molecule has 0 aliphatic carbocycles. The Morgan fingerprint density at radius 1 is 1.00 bits per heavy atom. The van der Waals surface area contributed by atoms with E-state index in [1.54, 1.807) is 32.3 Å². The van der Waals surface area contributed by atoms with Gasteiger partial charge in [0.2, 0.25) is 0 Å². The van der Waals surface area contributed by atoms with Crippen LogP contribution in [0, 0.1) is 0 Å². The van der Waals surface area contributed by atoms with Gasteiger partial charge in [-0.2, -0.15) is 0 Å². The van der Waals surface area contributed by atoms with E-state index < -0.39 is 17.4 Å². The maximum atomic E-state index is 12.4. The zero-order valence-corrected chi connectivity index (χ0v) is 12.9. The Kier molecular flexibility index (Phi) is 4.73. The maximum absolute atomic E-state index is 12.4. The Morgan fingerprint density at radius 2 is 1.48 bits per heavy atom. The lowest BCUT2D eigenvalue weighted by molar-refractivity contribution is -0.147. The van der Waals surface area contributed by atoms with Crippen molar-refractivity contribution in [3.63, 3.8) is 0 Å². The van der Waals surface area contributed by atoms with Crippen LogP contribution in [-0.2, 0) is 4.79 Å². The standard InChI is InChI=1S/C15H20N2O4/c1-15(2,14(20)21)17(5)13(19)11-8-6-7-10(9-11)12(18)16(3)4/h6-9H,1-5H3,(H,20,21). The average molecular weight is 292 g/mol. The van der Waals surface area contributed by atoms with Crippen LogP contribution in [0.1, 0.15) is 34.6 Å². The summed E-state index contributed by atoms with van der Waals surface area (Å²) in [6.07, 6.45) is 0. The fourth-order valence-corrected chi connectivity index (χ4v) is 1.63. The summed E-state index contributed by atoms with van der Waals surface area (Å²) in [5, 5.41) is 9.17. The molecule has 0 bridgehead atoms. The Balaban J connectivity index is 3.12. The maximum Gasteiger partial charge on any atom is 0.329 e. The van der Waals surface area contributed by atoms with Gasteiger partial charge in [-0.3, -0.25) is 9.59 Å². The van der Waals surface area contributed by atoms with Gasteiger partial charge in [0.05, 0.1) is 0 Å². The highest BCUT2D eigenvalue weighted by molar-refractivity contribution is 6.01. The molecule has 0 aliphatic heterocycles. The first kappa shape index (κ1) is 16.7. The van der Waals surface area contributed by atoms with Crippen molar-refractivity contribution in [1.29, 1.82) is 0 Å². The highest BCUT2D eigenvalue weighted by Gasteiger charge is 2.35. The van der Waals surface area contributed by atoms with E-state index >= 15 is 0 Å². The van der Waals surface area contributed by atoms with Gasteiger partial charge in [0.25, 0.3) is 11.8 Å². The second kappa shape index (κ2) is 5.95. The lowest BCUT2D eigenvalue weighted by Gasteiger charge is -2.31. The van der Waals surface area contributed by atoms with E-state index in [0.29, 0.717) is 5.56 Å². The van der Waals surface area contributed by atoms with Crippen molar-refractivity contribution in [2.24, 2.45) is 0 Å². The van der Waals surface area contributed by atoms with Crippen LogP contribution >= 0.6 is 0 Å². The van der Waals surface area contributed by atoms with E-state index in [1.807, 2.05) is 0 Å². The van der Waals surface area contributed by atoms with Crippen molar-refractivity contribution in [1.82, 2.24) is 9.80 Å². The molecule has 0 saturated carbocycles. The summed E-state index contributed by atoms with van der Waals surface area (Å²) in [5.74, 6) is -1.76. The van der Waals surface area contributed by atoms with Gasteiger partial charge in [0, 0.05) is 32.3 Å². The summed E-state index contributed by atoms with van der Waals surface area (Å²) in [4.78, 5) is 38.0. The predicted molar refractivity (Wildman–Crippen MR) is 78.3 cm³/mol. The van der Waals surface area contributed by atoms with Crippen LogP contribution in [0.15, 0.2) is 24.3 Å². The number of carbonyl (C=O) groups is 3. The fourth-order valence-electron chi connectivity index (χ4n) is 1.63. The molecule has 2 amide bonds. The van der Waals surface area contributed by atoms with Crippen molar-refractivity contribution in [3.05, 3.63) is 35.4 Å². The number of carboxylic acid groups (broad SMARTS) is 1. The normalized spacial score (nSPS) is 10.9. The van der Waals surface area contributed by atoms with E-state index in [0.717, 1.165) is 4.90 Å². The van der Waals surface area contributed by atoms with Crippen molar-refractivity contribution >= 4 is 17.8 Å². The molecule has 1 aromatic rings. The van der Waals surface area contributed by atoms with Gasteiger partial charge in [0.15, 0.2) is 0 Å². The van der Waals surface area contributed by atoms with Crippen LogP contribution in [0.25, 0.3) is 0 Å². The molecule has 1 rings (SSSR count). The van der Waals surface area contributed by atoms with E-state index in [9.17, 15) is 14.4 Å². The third-order valence-electron chi connectivity index (χ3n) is 3.43. The van der Waals surface area contributed by atoms with Gasteiger partial charge in [-0.1, -0.05) is 6.07 Å². The molecule has 1 aromatic carbocycles. The summed E-state index contributed by atoms with van der Waals surface area (Å²) in [5.41, 5.74) is -0.676. The minimum absolute atomic E-state index is 0.218. The third kappa shape index (κ3) is 3.39. The van der Waals surface area contributed by atoms with Crippen molar-refractivity contribution in [3.8, 4) is 0 Å². The zero-order chi connectivity index (χ0) is 16.4. The topological polar surface area (TPSA) is 77.9 Å². The molecule has 0 radical (unpaired) electrons. The molecule has 0 atom stereocenters. The number of likely N-dealkylation sites (N-methyl/N-ethyl adjacent to an activating group) is 1. The van der Waals surface area contributed by atoms with E-state index in [-0.39, 0.29) is 11.5 Å². The number of aliphatic carboxylic acids is 1. The SMILES string of the molecule is CN(C)C(=O)c1cccc(C(=O)N(C)C(C)(C)C(=O)O)c1. The Labute approximate surface area is 124 Å². The van der Waals surface area contributed by atoms with Crippen LogP contribution in [0.2, 0.25) is 0 Å². The van der Waals surface area contributed by atoms with Gasteiger partial charge >= 0.3 is 5.97 Å². The van der Waals surface area contributed by atoms with Crippen LogP contribution in [0.4, 0.5) is 0 Å². The summed E-state index contributed by atoms with van der Waals surface area (Å²) in [7, 11) is 4.67. The summed E-state index contributed by atoms with van der Waals surface area (Å²) >= 11 is 0. The Hall–Kier alpha value is -2.37. The molecule has 0 heterocycles. The van der Waals surface area contributed by atoms with E-state index in [1.165, 1.54) is 31.9 Å². The first-order valence-electron chi connectivity index (χ1n) is 6.42. The number of hydrogen-bond acceptors (Lipinski definition) is 3. The molecular weight excluding hydrogens is 272 g/mol. The van der Waals surface area contributed by atoms with Gasteiger partial charge < -0.3 is 14.9 Å². The quantitative estimate of drug-likeness (QED) is 0.908. The van der Waals surface area contributed by atoms with Gasteiger partial charge in [-0.25, -0.2) is 4.79 Å². The molecule has 21 heavy (non-hydrogen) atoms. The van der Waals surface area contributed by atoms with Gasteiger partial charge in [-0.15, -0.1) is 0 Å². The molecule has 0 aliphatic rings. The number of benzene rings is 1. The Morgan fingerprint density at radius 3 is 1.90 bits per heavy atom. The zero-order valence-electron chi connectivity index (χ0n) is 12.9. The number of hydrogen-bond donors (Lipinski definition) is 1. The Bertz CT molecular complexity index is 579. The number of nitrogens with zero attached hydrogens (tertiary/aromatic N) is 2. The second-order valence-electron chi connectivity index (χ2n) is 5.51. The largest absolute Gasteiger partial charge is 0.480 e. The second-order valence-corrected chi connectivity index (χ2v) is 5.51. The smallest absolute Gasteiger partial charge is 0.329 e. The lowest BCUT2D eigenvalue weighted by Crippen LogP contribution is -2.50. The fraction of sp³-hybridized carbons (Fsp3) is 0.400. The van der Waals surface area contributed by atoms with Crippen LogP contribution in [0.5, 0.6) is 0 Å². The number of rotatable bonds is 4. The molecule has 0 aromatic heterocycles. The van der Waals surface area contributed by atoms with E-state index in [2.05, 4.69) is 0 Å². The molecular formula is C15H20N2O4. The highest BCUT2D eigenvalue weighted by Crippen LogP contribution is 2.17. The van der Waals surface area contributed by atoms with Crippen LogP contribution in [0.3, 0.4) is 0 Å². The summed E-state index contributed by atoms with van der Waals surface area (Å²) in [6, 6.07) is 6.25. The highest BCUT2D eigenvalue weighted by atomic mass is 16.4.